The number of hydrogen-bond donors (Lipinski definition) is 2. The maximum atomic E-state index is 12.5. The first-order valence-electron chi connectivity index (χ1n) is 10.5. The summed E-state index contributed by atoms with van der Waals surface area (Å²) in [5.74, 6) is -1.78. The van der Waals surface area contributed by atoms with E-state index in [2.05, 4.69) is 10.6 Å². The van der Waals surface area contributed by atoms with E-state index in [0.717, 1.165) is 11.8 Å². The number of carbonyl (C=O) groups is 4. The molecule has 10 heteroatoms. The summed E-state index contributed by atoms with van der Waals surface area (Å²) in [5.41, 5.74) is 1.18. The Morgan fingerprint density at radius 3 is 2.59 bits per heavy atom. The Balaban J connectivity index is 1.80. The Bertz CT molecular complexity index is 1070. The molecule has 0 spiro atoms. The van der Waals surface area contributed by atoms with Gasteiger partial charge < -0.3 is 20.1 Å². The number of thioether (sulfide) groups is 1. The van der Waals surface area contributed by atoms with Crippen LogP contribution in [-0.4, -0.2) is 49.3 Å². The molecule has 0 bridgehead atoms. The standard InChI is InChI=1S/C24H25N3O6S/c1-2-32-23(30)11-6-12-26-21(28)15-33-24(31)19-9-3-4-10-20(19)34-16-22(29)27-18-8-5-7-17(13-18)14-25/h3-5,7-10,13H,2,6,11-12,15-16H2,1H3,(H,26,28)(H,27,29). The fourth-order valence-electron chi connectivity index (χ4n) is 2.72. The number of carbonyl (C=O) groups excluding carboxylic acids is 4. The van der Waals surface area contributed by atoms with Crippen molar-refractivity contribution in [2.24, 2.45) is 0 Å². The Morgan fingerprint density at radius 1 is 1.03 bits per heavy atom. The number of ether oxygens (including phenoxy) is 2. The third-order valence-electron chi connectivity index (χ3n) is 4.26. The molecule has 2 amide bonds. The van der Waals surface area contributed by atoms with Gasteiger partial charge in [0, 0.05) is 23.5 Å². The summed E-state index contributed by atoms with van der Waals surface area (Å²) in [5, 5.41) is 14.2. The summed E-state index contributed by atoms with van der Waals surface area (Å²) in [4.78, 5) is 48.4. The summed E-state index contributed by atoms with van der Waals surface area (Å²) >= 11 is 1.15. The second-order valence-corrected chi connectivity index (χ2v) is 7.88. The Morgan fingerprint density at radius 2 is 1.82 bits per heavy atom. The van der Waals surface area contributed by atoms with Crippen LogP contribution in [0.4, 0.5) is 5.69 Å². The smallest absolute Gasteiger partial charge is 0.339 e. The Kier molecular flexibility index (Phi) is 11.1. The average Bonchev–Trinajstić information content (AvgIpc) is 2.84. The molecule has 0 aromatic heterocycles. The van der Waals surface area contributed by atoms with Crippen LogP contribution in [0.5, 0.6) is 0 Å². The maximum Gasteiger partial charge on any atom is 0.339 e. The van der Waals surface area contributed by atoms with Crippen molar-refractivity contribution in [3.8, 4) is 6.07 Å². The highest BCUT2D eigenvalue weighted by Gasteiger charge is 2.16. The van der Waals surface area contributed by atoms with Crippen LogP contribution in [0.2, 0.25) is 0 Å². The van der Waals surface area contributed by atoms with Gasteiger partial charge in [0.1, 0.15) is 0 Å². The molecule has 0 unspecified atom stereocenters. The molecule has 0 heterocycles. The second kappa shape index (κ2) is 14.3. The van der Waals surface area contributed by atoms with Crippen LogP contribution in [0.25, 0.3) is 0 Å². The molecule has 34 heavy (non-hydrogen) atoms. The van der Waals surface area contributed by atoms with Crippen molar-refractivity contribution in [1.29, 1.82) is 5.26 Å². The van der Waals surface area contributed by atoms with Crippen LogP contribution in [0.3, 0.4) is 0 Å². The lowest BCUT2D eigenvalue weighted by Gasteiger charge is -2.10. The van der Waals surface area contributed by atoms with Crippen LogP contribution in [0.15, 0.2) is 53.4 Å². The number of benzene rings is 2. The molecule has 2 N–H and O–H groups in total. The highest BCUT2D eigenvalue weighted by molar-refractivity contribution is 8.00. The molecule has 9 nitrogen and oxygen atoms in total. The fourth-order valence-corrected chi connectivity index (χ4v) is 3.56. The van der Waals surface area contributed by atoms with Gasteiger partial charge in [0.25, 0.3) is 5.91 Å². The van der Waals surface area contributed by atoms with Crippen molar-refractivity contribution >= 4 is 41.2 Å². The van der Waals surface area contributed by atoms with Crippen molar-refractivity contribution in [2.45, 2.75) is 24.7 Å². The molecule has 0 atom stereocenters. The number of amides is 2. The minimum Gasteiger partial charge on any atom is -0.466 e. The van der Waals surface area contributed by atoms with Gasteiger partial charge >= 0.3 is 11.9 Å². The van der Waals surface area contributed by atoms with E-state index in [1.165, 1.54) is 0 Å². The van der Waals surface area contributed by atoms with E-state index in [1.807, 2.05) is 6.07 Å². The molecule has 2 aromatic rings. The van der Waals surface area contributed by atoms with Gasteiger partial charge in [-0.15, -0.1) is 11.8 Å². The summed E-state index contributed by atoms with van der Waals surface area (Å²) in [6, 6.07) is 15.2. The topological polar surface area (TPSA) is 135 Å². The summed E-state index contributed by atoms with van der Waals surface area (Å²) in [6.07, 6.45) is 0.608. The van der Waals surface area contributed by atoms with Crippen molar-refractivity contribution in [1.82, 2.24) is 5.32 Å². The van der Waals surface area contributed by atoms with Crippen LogP contribution < -0.4 is 10.6 Å². The summed E-state index contributed by atoms with van der Waals surface area (Å²) in [6.45, 7) is 1.82. The van der Waals surface area contributed by atoms with Gasteiger partial charge in [-0.25, -0.2) is 4.79 Å². The van der Waals surface area contributed by atoms with Crippen LogP contribution in [0, 0.1) is 11.3 Å². The molecule has 2 aromatic carbocycles. The minimum atomic E-state index is -0.688. The molecule has 0 saturated carbocycles. The first-order valence-corrected chi connectivity index (χ1v) is 11.5. The molecule has 2 rings (SSSR count). The summed E-state index contributed by atoms with van der Waals surface area (Å²) in [7, 11) is 0. The molecule has 0 radical (unpaired) electrons. The number of nitrogens with zero attached hydrogens (tertiary/aromatic N) is 1. The zero-order chi connectivity index (χ0) is 24.8. The number of hydrogen-bond acceptors (Lipinski definition) is 8. The normalized spacial score (nSPS) is 10.0. The Hall–Kier alpha value is -3.84. The number of rotatable bonds is 12. The monoisotopic (exact) mass is 483 g/mol. The first kappa shape index (κ1) is 26.4. The number of nitriles is 1. The number of nitrogens with one attached hydrogen (secondary N) is 2. The van der Waals surface area contributed by atoms with Crippen molar-refractivity contribution in [3.63, 3.8) is 0 Å². The SMILES string of the molecule is CCOC(=O)CCCNC(=O)COC(=O)c1ccccc1SCC(=O)Nc1cccc(C#N)c1. The van der Waals surface area contributed by atoms with Gasteiger partial charge in [0.15, 0.2) is 6.61 Å². The highest BCUT2D eigenvalue weighted by atomic mass is 32.2. The van der Waals surface area contributed by atoms with E-state index < -0.39 is 18.5 Å². The quantitative estimate of drug-likeness (QED) is 0.267. The molecule has 178 valence electrons. The van der Waals surface area contributed by atoms with Crippen LogP contribution in [0.1, 0.15) is 35.7 Å². The van der Waals surface area contributed by atoms with E-state index in [1.54, 1.807) is 55.5 Å². The lowest BCUT2D eigenvalue weighted by molar-refractivity contribution is -0.143. The van der Waals surface area contributed by atoms with E-state index in [0.29, 0.717) is 29.2 Å². The van der Waals surface area contributed by atoms with E-state index in [4.69, 9.17) is 14.7 Å². The Labute approximate surface area is 201 Å². The minimum absolute atomic E-state index is 0.0298. The number of anilines is 1. The highest BCUT2D eigenvalue weighted by Crippen LogP contribution is 2.23. The number of esters is 2. The largest absolute Gasteiger partial charge is 0.466 e. The third kappa shape index (κ3) is 9.34. The third-order valence-corrected chi connectivity index (χ3v) is 5.33. The van der Waals surface area contributed by atoms with E-state index >= 15 is 0 Å². The molecule has 0 aliphatic carbocycles. The van der Waals surface area contributed by atoms with Gasteiger partial charge in [-0.2, -0.15) is 5.26 Å². The van der Waals surface area contributed by atoms with Crippen LogP contribution >= 0.6 is 11.8 Å². The second-order valence-electron chi connectivity index (χ2n) is 6.86. The zero-order valence-electron chi connectivity index (χ0n) is 18.7. The average molecular weight is 484 g/mol. The molecular weight excluding hydrogens is 458 g/mol. The van der Waals surface area contributed by atoms with Crippen molar-refractivity contribution in [3.05, 3.63) is 59.7 Å². The molecule has 0 fully saturated rings. The predicted molar refractivity (Wildman–Crippen MR) is 126 cm³/mol. The maximum absolute atomic E-state index is 12.5. The van der Waals surface area contributed by atoms with Gasteiger partial charge in [-0.05, 0) is 43.7 Å². The molecule has 0 aliphatic rings. The molecular formula is C24H25N3O6S. The zero-order valence-corrected chi connectivity index (χ0v) is 19.5. The van der Waals surface area contributed by atoms with Crippen molar-refractivity contribution < 1.29 is 28.7 Å². The van der Waals surface area contributed by atoms with Crippen LogP contribution in [-0.2, 0) is 23.9 Å². The summed E-state index contributed by atoms with van der Waals surface area (Å²) < 4.78 is 9.89. The van der Waals surface area contributed by atoms with E-state index in [-0.39, 0.29) is 36.2 Å². The lowest BCUT2D eigenvalue weighted by Crippen LogP contribution is -2.30. The molecule has 0 aliphatic heterocycles. The fraction of sp³-hybridized carbons (Fsp3) is 0.292. The first-order chi connectivity index (χ1) is 16.4. The van der Waals surface area contributed by atoms with Gasteiger partial charge in [-0.3, -0.25) is 14.4 Å². The molecule has 0 saturated heterocycles. The van der Waals surface area contributed by atoms with Crippen molar-refractivity contribution in [2.75, 3.05) is 30.8 Å². The van der Waals surface area contributed by atoms with Gasteiger partial charge in [0.05, 0.1) is 29.6 Å². The predicted octanol–water partition coefficient (Wildman–Crippen LogP) is 2.91. The van der Waals surface area contributed by atoms with E-state index in [9.17, 15) is 19.2 Å². The van der Waals surface area contributed by atoms with Gasteiger partial charge in [0.2, 0.25) is 5.91 Å². The lowest BCUT2D eigenvalue weighted by atomic mass is 10.2. The van der Waals surface area contributed by atoms with Gasteiger partial charge in [-0.1, -0.05) is 18.2 Å².